The lowest BCUT2D eigenvalue weighted by Crippen LogP contribution is -2.59. The zero-order valence-electron chi connectivity index (χ0n) is 38.4. The third-order valence-corrected chi connectivity index (χ3v) is 13.1. The van der Waals surface area contributed by atoms with E-state index < -0.39 is 58.3 Å². The molecule has 0 aliphatic carbocycles. The van der Waals surface area contributed by atoms with Crippen LogP contribution in [0.25, 0.3) is 0 Å². The standard InChI is InChI=1S/C44H78N6O8S/c1-15-30(6)39(49(10)44(55)37(28(2)3)47-43(54)38(29(4)5)48(8)9)35(57-11)27-36(51)50-24-19-22-34(50)40(58-12)31(7)41(52)46-33(26-32-20-17-16-18-21-32)42(53)45-23-25-59(13,14)56/h16-18,20-21,28-31,33-35,37-40,59H,15,19,22-27H2,1-14H3,(H,45,53)(H,46,52)(H,47,54)/t30-,31+,33-,34-,35+,37-,38-,39-,40+/m1/s1. The molecule has 0 spiro atoms. The Morgan fingerprint density at radius 2 is 1.51 bits per heavy atom. The molecule has 0 aromatic heterocycles. The van der Waals surface area contributed by atoms with Crippen LogP contribution in [0.1, 0.15) is 79.7 Å². The van der Waals surface area contributed by atoms with Crippen molar-refractivity contribution in [2.45, 2.75) is 123 Å². The Labute approximate surface area is 356 Å². The Hall–Kier alpha value is -3.40. The van der Waals surface area contributed by atoms with Gasteiger partial charge >= 0.3 is 0 Å². The molecular formula is C44H78N6O8S. The number of methoxy groups -OCH3 is 2. The summed E-state index contributed by atoms with van der Waals surface area (Å²) >= 11 is 0. The molecule has 1 heterocycles. The van der Waals surface area contributed by atoms with Gasteiger partial charge in [0, 0.05) is 46.5 Å². The van der Waals surface area contributed by atoms with Crippen LogP contribution in [0.4, 0.5) is 0 Å². The maximum absolute atomic E-state index is 14.3. The molecule has 1 aliphatic heterocycles. The number of carbonyl (C=O) groups is 5. The number of hydrogen-bond donors (Lipinski definition) is 4. The molecule has 1 fully saturated rings. The number of thiol groups is 1. The molecule has 1 aromatic rings. The van der Waals surface area contributed by atoms with Crippen LogP contribution in [0.15, 0.2) is 30.3 Å². The Balaban J connectivity index is 2.30. The summed E-state index contributed by atoms with van der Waals surface area (Å²) in [5, 5.41) is 8.83. The highest BCUT2D eigenvalue weighted by atomic mass is 32.2. The van der Waals surface area contributed by atoms with Crippen LogP contribution >= 0.6 is 0 Å². The van der Waals surface area contributed by atoms with Gasteiger partial charge in [0.1, 0.15) is 12.1 Å². The van der Waals surface area contributed by atoms with Gasteiger partial charge in [-0.25, -0.2) is 0 Å². The predicted octanol–water partition coefficient (Wildman–Crippen LogP) is 2.75. The van der Waals surface area contributed by atoms with Gasteiger partial charge in [-0.05, 0) is 62.8 Å². The minimum atomic E-state index is -2.35. The topological polar surface area (TPSA) is 167 Å². The third-order valence-electron chi connectivity index (χ3n) is 11.8. The van der Waals surface area contributed by atoms with Gasteiger partial charge in [0.2, 0.25) is 29.5 Å². The van der Waals surface area contributed by atoms with Gasteiger partial charge in [-0.3, -0.25) is 33.1 Å². The summed E-state index contributed by atoms with van der Waals surface area (Å²) in [5.74, 6) is -1.97. The van der Waals surface area contributed by atoms with Crippen LogP contribution in [-0.2, 0) is 49.8 Å². The van der Waals surface area contributed by atoms with Crippen LogP contribution in [0.5, 0.6) is 0 Å². The normalized spacial score (nSPS) is 19.0. The molecule has 0 unspecified atom stereocenters. The first-order chi connectivity index (χ1) is 27.6. The second-order valence-corrected chi connectivity index (χ2v) is 21.4. The van der Waals surface area contributed by atoms with Crippen molar-refractivity contribution in [2.75, 3.05) is 66.7 Å². The molecule has 15 heteroatoms. The number of amides is 5. The van der Waals surface area contributed by atoms with E-state index in [1.165, 1.54) is 7.11 Å². The van der Waals surface area contributed by atoms with E-state index in [1.54, 1.807) is 43.4 Å². The fourth-order valence-electron chi connectivity index (χ4n) is 8.35. The minimum Gasteiger partial charge on any atom is -0.379 e. The first-order valence-electron chi connectivity index (χ1n) is 21.3. The predicted molar refractivity (Wildman–Crippen MR) is 237 cm³/mol. The second kappa shape index (κ2) is 24.1. The van der Waals surface area contributed by atoms with E-state index in [4.69, 9.17) is 9.47 Å². The van der Waals surface area contributed by atoms with E-state index >= 15 is 0 Å². The van der Waals surface area contributed by atoms with E-state index in [9.17, 15) is 28.2 Å². The summed E-state index contributed by atoms with van der Waals surface area (Å²) in [6.45, 7) is 14.3. The van der Waals surface area contributed by atoms with Crippen molar-refractivity contribution in [2.24, 2.45) is 23.7 Å². The van der Waals surface area contributed by atoms with Crippen LogP contribution in [0, 0.1) is 23.7 Å². The highest BCUT2D eigenvalue weighted by Crippen LogP contribution is 2.30. The monoisotopic (exact) mass is 851 g/mol. The van der Waals surface area contributed by atoms with Gasteiger partial charge in [0.05, 0.1) is 42.7 Å². The van der Waals surface area contributed by atoms with Gasteiger partial charge in [-0.2, -0.15) is 0 Å². The average molecular weight is 851 g/mol. The quantitative estimate of drug-likeness (QED) is 0.115. The zero-order chi connectivity index (χ0) is 44.8. The Morgan fingerprint density at radius 1 is 0.881 bits per heavy atom. The van der Waals surface area contributed by atoms with E-state index in [1.807, 2.05) is 90.9 Å². The van der Waals surface area contributed by atoms with Gasteiger partial charge in [-0.15, -0.1) is 9.93 Å². The number of ether oxygens (including phenoxy) is 2. The van der Waals surface area contributed by atoms with Crippen molar-refractivity contribution < 1.29 is 37.7 Å². The molecular weight excluding hydrogens is 773 g/mol. The summed E-state index contributed by atoms with van der Waals surface area (Å²) in [7, 11) is 6.15. The Bertz CT molecular complexity index is 1550. The van der Waals surface area contributed by atoms with E-state index in [0.717, 1.165) is 12.0 Å². The summed E-state index contributed by atoms with van der Waals surface area (Å²) in [6, 6.07) is 6.45. The summed E-state index contributed by atoms with van der Waals surface area (Å²) in [5.41, 5.74) is 0.873. The molecule has 9 atom stereocenters. The highest BCUT2D eigenvalue weighted by Gasteiger charge is 2.43. The molecule has 14 nitrogen and oxygen atoms in total. The average Bonchev–Trinajstić information content (AvgIpc) is 3.65. The SMILES string of the molecule is CC[C@@H](C)[C@H]([C@H](CC(=O)N1CCC[C@@H]1[C@@H](OC)[C@H](C)C(=O)N[C@H](Cc1ccccc1)C(=O)NCC[SH](C)(C)=O)OC)N(C)C(=O)[C@H](NC(=O)[C@@H](C(C)C)N(C)C)C(C)C. The summed E-state index contributed by atoms with van der Waals surface area (Å²) in [4.78, 5) is 74.7. The zero-order valence-corrected chi connectivity index (χ0v) is 39.3. The number of hydrogen-bond acceptors (Lipinski definition) is 9. The largest absolute Gasteiger partial charge is 0.379 e. The van der Waals surface area contributed by atoms with Crippen LogP contribution in [-0.4, -0.2) is 158 Å². The molecule has 0 radical (unpaired) electrons. The smallest absolute Gasteiger partial charge is 0.245 e. The van der Waals surface area contributed by atoms with E-state index in [-0.39, 0.29) is 66.7 Å². The first-order valence-corrected chi connectivity index (χ1v) is 24.1. The Kier molecular flexibility index (Phi) is 21.2. The first kappa shape index (κ1) is 51.7. The number of benzene rings is 1. The lowest BCUT2D eigenvalue weighted by Gasteiger charge is -2.41. The third kappa shape index (κ3) is 15.2. The van der Waals surface area contributed by atoms with Gasteiger partial charge in [0.25, 0.3) is 0 Å². The fourth-order valence-corrected chi connectivity index (χ4v) is 9.00. The fraction of sp³-hybridized carbons (Fsp3) is 0.750. The lowest BCUT2D eigenvalue weighted by atomic mass is 9.89. The number of likely N-dealkylation sites (tertiary alicyclic amines) is 1. The summed E-state index contributed by atoms with van der Waals surface area (Å²) < 4.78 is 24.3. The molecule has 3 N–H and O–H groups in total. The molecule has 0 saturated carbocycles. The van der Waals surface area contributed by atoms with Crippen LogP contribution in [0.2, 0.25) is 0 Å². The van der Waals surface area contributed by atoms with E-state index in [0.29, 0.717) is 25.1 Å². The number of rotatable bonds is 24. The molecule has 338 valence electrons. The van der Waals surface area contributed by atoms with Gasteiger partial charge in [-0.1, -0.05) is 85.2 Å². The van der Waals surface area contributed by atoms with Crippen molar-refractivity contribution in [1.82, 2.24) is 30.7 Å². The number of likely N-dealkylation sites (N-methyl/N-ethyl adjacent to an activating group) is 2. The van der Waals surface area contributed by atoms with E-state index in [2.05, 4.69) is 16.0 Å². The highest BCUT2D eigenvalue weighted by molar-refractivity contribution is 8.01. The molecule has 5 amide bonds. The van der Waals surface area contributed by atoms with Crippen molar-refractivity contribution in [3.8, 4) is 0 Å². The van der Waals surface area contributed by atoms with Crippen molar-refractivity contribution in [3.63, 3.8) is 0 Å². The van der Waals surface area contributed by atoms with Crippen LogP contribution < -0.4 is 16.0 Å². The van der Waals surface area contributed by atoms with Crippen molar-refractivity contribution in [1.29, 1.82) is 0 Å². The number of nitrogens with zero attached hydrogens (tertiary/aromatic N) is 3. The maximum Gasteiger partial charge on any atom is 0.245 e. The Morgan fingerprint density at radius 3 is 2.02 bits per heavy atom. The lowest BCUT2D eigenvalue weighted by molar-refractivity contribution is -0.148. The molecule has 0 bridgehead atoms. The minimum absolute atomic E-state index is 0.00678. The van der Waals surface area contributed by atoms with Crippen molar-refractivity contribution >= 4 is 39.5 Å². The molecule has 2 rings (SSSR count). The van der Waals surface area contributed by atoms with Crippen LogP contribution in [0.3, 0.4) is 0 Å². The summed E-state index contributed by atoms with van der Waals surface area (Å²) in [6.07, 6.45) is 4.33. The maximum atomic E-state index is 14.3. The number of carbonyl (C=O) groups excluding carboxylic acids is 5. The molecule has 1 aliphatic rings. The van der Waals surface area contributed by atoms with Crippen molar-refractivity contribution in [3.05, 3.63) is 35.9 Å². The second-order valence-electron chi connectivity index (χ2n) is 17.8. The molecule has 1 saturated heterocycles. The number of nitrogens with one attached hydrogen (secondary N) is 3. The van der Waals surface area contributed by atoms with Gasteiger partial charge in [0.15, 0.2) is 0 Å². The van der Waals surface area contributed by atoms with Gasteiger partial charge < -0.3 is 35.2 Å². The molecule has 59 heavy (non-hydrogen) atoms. The molecule has 1 aromatic carbocycles.